The molecule has 6 heteroatoms. The molecular weight excluding hydrogens is 434 g/mol. The first-order valence-electron chi connectivity index (χ1n) is 11.4. The standard InChI is InChI=1S/C27H26ClN3O2/c1-2-20-9-7-13-24(29-20)27(25(32)21-10-4-5-11-22(21)26(27)33)31-16-14-30(15-17-31)18-19-8-3-6-12-23(19)28/h3-13H,2,14-18H2,1H3. The summed E-state index contributed by atoms with van der Waals surface area (Å²) in [7, 11) is 0. The Balaban J connectivity index is 1.49. The van der Waals surface area contributed by atoms with Crippen molar-refractivity contribution in [2.75, 3.05) is 26.2 Å². The Morgan fingerprint density at radius 2 is 1.48 bits per heavy atom. The highest BCUT2D eigenvalue weighted by molar-refractivity contribution is 6.32. The zero-order valence-electron chi connectivity index (χ0n) is 18.6. The number of aryl methyl sites for hydroxylation is 1. The van der Waals surface area contributed by atoms with Crippen LogP contribution in [0.25, 0.3) is 0 Å². The van der Waals surface area contributed by atoms with E-state index in [1.807, 2.05) is 66.4 Å². The number of hydrogen-bond acceptors (Lipinski definition) is 5. The minimum atomic E-state index is -1.40. The maximum Gasteiger partial charge on any atom is 0.198 e. The molecule has 3 aromatic rings. The summed E-state index contributed by atoms with van der Waals surface area (Å²) >= 11 is 6.36. The van der Waals surface area contributed by atoms with Crippen molar-refractivity contribution in [3.63, 3.8) is 0 Å². The van der Waals surface area contributed by atoms with Crippen LogP contribution in [0.1, 0.15) is 44.6 Å². The van der Waals surface area contributed by atoms with Gasteiger partial charge in [0, 0.05) is 54.6 Å². The number of aromatic nitrogens is 1. The lowest BCUT2D eigenvalue weighted by atomic mass is 9.85. The summed E-state index contributed by atoms with van der Waals surface area (Å²) in [6.07, 6.45) is 0.741. The lowest BCUT2D eigenvalue weighted by Crippen LogP contribution is -2.60. The molecule has 0 spiro atoms. The van der Waals surface area contributed by atoms with E-state index in [1.165, 1.54) is 0 Å². The van der Waals surface area contributed by atoms with E-state index in [0.717, 1.165) is 42.3 Å². The van der Waals surface area contributed by atoms with Crippen LogP contribution in [0.2, 0.25) is 5.02 Å². The molecule has 1 aromatic heterocycles. The molecule has 1 fully saturated rings. The zero-order chi connectivity index (χ0) is 23.0. The molecule has 0 atom stereocenters. The van der Waals surface area contributed by atoms with Crippen LogP contribution < -0.4 is 0 Å². The number of nitrogens with zero attached hydrogens (tertiary/aromatic N) is 3. The molecule has 0 saturated carbocycles. The molecule has 2 aromatic carbocycles. The lowest BCUT2D eigenvalue weighted by molar-refractivity contribution is 0.0266. The van der Waals surface area contributed by atoms with Crippen molar-refractivity contribution in [1.29, 1.82) is 0 Å². The molecule has 0 amide bonds. The van der Waals surface area contributed by atoms with Crippen LogP contribution in [0.15, 0.2) is 66.7 Å². The van der Waals surface area contributed by atoms with Gasteiger partial charge in [0.05, 0.1) is 5.69 Å². The Kier molecular flexibility index (Phi) is 5.87. The minimum absolute atomic E-state index is 0.164. The fourth-order valence-electron chi connectivity index (χ4n) is 5.04. The van der Waals surface area contributed by atoms with E-state index in [9.17, 15) is 9.59 Å². The maximum atomic E-state index is 13.9. The van der Waals surface area contributed by atoms with E-state index in [-0.39, 0.29) is 11.6 Å². The van der Waals surface area contributed by atoms with Gasteiger partial charge >= 0.3 is 0 Å². The van der Waals surface area contributed by atoms with Crippen LogP contribution >= 0.6 is 11.6 Å². The SMILES string of the molecule is CCc1cccc(C2(N3CCN(Cc4ccccc4Cl)CC3)C(=O)c3ccccc3C2=O)n1. The second kappa shape index (κ2) is 8.82. The van der Waals surface area contributed by atoms with Crippen molar-refractivity contribution in [2.45, 2.75) is 25.4 Å². The Hall–Kier alpha value is -2.86. The van der Waals surface area contributed by atoms with Gasteiger partial charge in [-0.3, -0.25) is 24.4 Å². The topological polar surface area (TPSA) is 53.5 Å². The van der Waals surface area contributed by atoms with E-state index < -0.39 is 5.54 Å². The van der Waals surface area contributed by atoms with Gasteiger partial charge in [0.1, 0.15) is 0 Å². The van der Waals surface area contributed by atoms with Crippen LogP contribution in [0.5, 0.6) is 0 Å². The fraction of sp³-hybridized carbons (Fsp3) is 0.296. The number of benzene rings is 2. The summed E-state index contributed by atoms with van der Waals surface area (Å²) < 4.78 is 0. The summed E-state index contributed by atoms with van der Waals surface area (Å²) in [5.41, 5.74) is 2.08. The second-order valence-corrected chi connectivity index (χ2v) is 9.04. The highest BCUT2D eigenvalue weighted by atomic mass is 35.5. The Bertz CT molecular complexity index is 1180. The molecule has 0 bridgehead atoms. The van der Waals surface area contributed by atoms with Crippen LogP contribution in [-0.4, -0.2) is 52.5 Å². The number of carbonyl (C=O) groups is 2. The van der Waals surface area contributed by atoms with Crippen LogP contribution in [0.4, 0.5) is 0 Å². The average Bonchev–Trinajstić information content (AvgIpc) is 3.09. The largest absolute Gasteiger partial charge is 0.296 e. The third-order valence-corrected chi connectivity index (χ3v) is 7.18. The Morgan fingerprint density at radius 1 is 0.848 bits per heavy atom. The van der Waals surface area contributed by atoms with Gasteiger partial charge in [-0.2, -0.15) is 0 Å². The third-order valence-electron chi connectivity index (χ3n) is 6.81. The van der Waals surface area contributed by atoms with Crippen molar-refractivity contribution in [2.24, 2.45) is 0 Å². The number of fused-ring (bicyclic) bond motifs is 1. The monoisotopic (exact) mass is 459 g/mol. The first-order valence-corrected chi connectivity index (χ1v) is 11.8. The van der Waals surface area contributed by atoms with E-state index in [1.54, 1.807) is 12.1 Å². The molecule has 1 saturated heterocycles. The van der Waals surface area contributed by atoms with Crippen LogP contribution in [0, 0.1) is 0 Å². The molecular formula is C27H26ClN3O2. The number of halogens is 1. The third kappa shape index (κ3) is 3.61. The zero-order valence-corrected chi connectivity index (χ0v) is 19.4. The highest BCUT2D eigenvalue weighted by Gasteiger charge is 2.59. The number of rotatable bonds is 5. The van der Waals surface area contributed by atoms with Gasteiger partial charge in [0.15, 0.2) is 17.1 Å². The molecule has 2 heterocycles. The van der Waals surface area contributed by atoms with E-state index in [2.05, 4.69) is 4.90 Å². The molecule has 33 heavy (non-hydrogen) atoms. The summed E-state index contributed by atoms with van der Waals surface area (Å²) in [6.45, 7) is 5.42. The van der Waals surface area contributed by atoms with Gasteiger partial charge in [-0.05, 0) is 30.2 Å². The van der Waals surface area contributed by atoms with E-state index >= 15 is 0 Å². The van der Waals surface area contributed by atoms with Crippen LogP contribution in [0.3, 0.4) is 0 Å². The molecule has 2 aliphatic rings. The van der Waals surface area contributed by atoms with Crippen molar-refractivity contribution < 1.29 is 9.59 Å². The Labute approximate surface area is 199 Å². The van der Waals surface area contributed by atoms with Gasteiger partial charge in [-0.15, -0.1) is 0 Å². The maximum absolute atomic E-state index is 13.9. The minimum Gasteiger partial charge on any atom is -0.296 e. The van der Waals surface area contributed by atoms with Crippen molar-refractivity contribution in [3.8, 4) is 0 Å². The molecule has 0 unspecified atom stereocenters. The van der Waals surface area contributed by atoms with E-state index in [4.69, 9.17) is 16.6 Å². The van der Waals surface area contributed by atoms with Crippen molar-refractivity contribution in [1.82, 2.24) is 14.8 Å². The first-order chi connectivity index (χ1) is 16.1. The molecule has 5 rings (SSSR count). The quantitative estimate of drug-likeness (QED) is 0.530. The normalized spacial score (nSPS) is 18.5. The molecule has 5 nitrogen and oxygen atoms in total. The average molecular weight is 460 g/mol. The van der Waals surface area contributed by atoms with Crippen molar-refractivity contribution in [3.05, 3.63) is 99.8 Å². The smallest absolute Gasteiger partial charge is 0.198 e. The highest BCUT2D eigenvalue weighted by Crippen LogP contribution is 2.42. The number of Topliss-reactive ketones (excluding diaryl/α,β-unsaturated/α-hetero) is 2. The van der Waals surface area contributed by atoms with Gasteiger partial charge in [-0.25, -0.2) is 0 Å². The molecule has 1 aliphatic carbocycles. The molecule has 0 radical (unpaired) electrons. The fourth-order valence-corrected chi connectivity index (χ4v) is 5.24. The number of carbonyl (C=O) groups excluding carboxylic acids is 2. The second-order valence-electron chi connectivity index (χ2n) is 8.64. The summed E-state index contributed by atoms with van der Waals surface area (Å²) in [5.74, 6) is -0.327. The predicted molar refractivity (Wildman–Crippen MR) is 129 cm³/mol. The number of pyridine rings is 1. The molecule has 0 N–H and O–H groups in total. The number of ketones is 2. The number of hydrogen-bond donors (Lipinski definition) is 0. The predicted octanol–water partition coefficient (Wildman–Crippen LogP) is 4.39. The molecule has 1 aliphatic heterocycles. The number of piperazine rings is 1. The van der Waals surface area contributed by atoms with Gasteiger partial charge in [0.2, 0.25) is 0 Å². The molecule has 168 valence electrons. The van der Waals surface area contributed by atoms with Gasteiger partial charge in [-0.1, -0.05) is 67.1 Å². The summed E-state index contributed by atoms with van der Waals surface area (Å²) in [4.78, 5) is 37.0. The summed E-state index contributed by atoms with van der Waals surface area (Å²) in [6, 6.07) is 20.7. The van der Waals surface area contributed by atoms with Crippen molar-refractivity contribution >= 4 is 23.2 Å². The van der Waals surface area contributed by atoms with Crippen LogP contribution in [-0.2, 0) is 18.5 Å². The lowest BCUT2D eigenvalue weighted by Gasteiger charge is -2.43. The summed E-state index contributed by atoms with van der Waals surface area (Å²) in [5, 5.41) is 0.758. The Morgan fingerprint density at radius 3 is 2.12 bits per heavy atom. The van der Waals surface area contributed by atoms with Gasteiger partial charge < -0.3 is 0 Å². The van der Waals surface area contributed by atoms with E-state index in [0.29, 0.717) is 29.9 Å². The first kappa shape index (κ1) is 22.0. The van der Waals surface area contributed by atoms with Gasteiger partial charge in [0.25, 0.3) is 0 Å².